The van der Waals surface area contributed by atoms with E-state index in [4.69, 9.17) is 9.51 Å². The zero-order valence-electron chi connectivity index (χ0n) is 13.0. The Morgan fingerprint density at radius 1 is 1.14 bits per heavy atom. The van der Waals surface area contributed by atoms with Crippen molar-refractivity contribution in [2.75, 3.05) is 18.1 Å². The molecular formula is C16H27N3OS. The van der Waals surface area contributed by atoms with Gasteiger partial charge in [0.05, 0.1) is 5.92 Å². The second-order valence-electron chi connectivity index (χ2n) is 6.34. The molecule has 0 aromatic carbocycles. The minimum absolute atomic E-state index is 0.393. The fourth-order valence-corrected chi connectivity index (χ4v) is 4.91. The van der Waals surface area contributed by atoms with Gasteiger partial charge in [-0.2, -0.15) is 16.7 Å². The Morgan fingerprint density at radius 3 is 2.67 bits per heavy atom. The lowest BCUT2D eigenvalue weighted by atomic mass is 9.91. The lowest BCUT2D eigenvalue weighted by molar-refractivity contribution is 0.332. The zero-order chi connectivity index (χ0) is 14.5. The van der Waals surface area contributed by atoms with Gasteiger partial charge in [0.2, 0.25) is 5.89 Å². The number of thioether (sulfide) groups is 1. The van der Waals surface area contributed by atoms with Gasteiger partial charge in [0.1, 0.15) is 0 Å². The highest BCUT2D eigenvalue weighted by Crippen LogP contribution is 2.34. The molecule has 1 aromatic heterocycles. The quantitative estimate of drug-likeness (QED) is 0.919. The predicted molar refractivity (Wildman–Crippen MR) is 86.9 cm³/mol. The second-order valence-corrected chi connectivity index (χ2v) is 7.42. The van der Waals surface area contributed by atoms with E-state index in [9.17, 15) is 0 Å². The Hall–Kier alpha value is -0.550. The molecule has 1 saturated carbocycles. The van der Waals surface area contributed by atoms with Crippen LogP contribution in [0.3, 0.4) is 0 Å². The van der Waals surface area contributed by atoms with E-state index < -0.39 is 0 Å². The van der Waals surface area contributed by atoms with Crippen molar-refractivity contribution in [3.8, 4) is 0 Å². The van der Waals surface area contributed by atoms with E-state index in [0.29, 0.717) is 17.9 Å². The van der Waals surface area contributed by atoms with E-state index in [-0.39, 0.29) is 0 Å². The van der Waals surface area contributed by atoms with Crippen LogP contribution in [-0.4, -0.2) is 34.2 Å². The molecule has 5 heteroatoms. The fraction of sp³-hybridized carbons (Fsp3) is 0.875. The molecule has 0 amide bonds. The third-order valence-electron chi connectivity index (χ3n) is 4.79. The minimum atomic E-state index is 0.393. The third-order valence-corrected chi connectivity index (χ3v) is 5.98. The molecule has 2 fully saturated rings. The van der Waals surface area contributed by atoms with E-state index >= 15 is 0 Å². The molecule has 2 heterocycles. The zero-order valence-corrected chi connectivity index (χ0v) is 13.8. The van der Waals surface area contributed by atoms with Gasteiger partial charge in [-0.1, -0.05) is 44.2 Å². The molecule has 0 bridgehead atoms. The maximum absolute atomic E-state index is 5.64. The van der Waals surface area contributed by atoms with Gasteiger partial charge in [0.15, 0.2) is 5.82 Å². The molecule has 2 atom stereocenters. The van der Waals surface area contributed by atoms with Gasteiger partial charge >= 0.3 is 0 Å². The molecule has 1 saturated heterocycles. The van der Waals surface area contributed by atoms with Crippen molar-refractivity contribution in [1.82, 2.24) is 15.5 Å². The summed E-state index contributed by atoms with van der Waals surface area (Å²) in [5, 5.41) is 7.88. The summed E-state index contributed by atoms with van der Waals surface area (Å²) in [6, 6.07) is 0.491. The van der Waals surface area contributed by atoms with Crippen molar-refractivity contribution >= 4 is 11.8 Å². The number of nitrogens with zero attached hydrogens (tertiary/aromatic N) is 2. The molecule has 1 aliphatic carbocycles. The van der Waals surface area contributed by atoms with Crippen LogP contribution in [0.5, 0.6) is 0 Å². The number of aromatic nitrogens is 2. The standard InChI is InChI=1S/C16H27N3OS/c1-2-17-14-11-21-10-13(14)16-18-15(19-20-16)12-8-6-4-3-5-7-9-12/h12-14,17H,2-11H2,1H3. The highest BCUT2D eigenvalue weighted by atomic mass is 32.2. The summed E-state index contributed by atoms with van der Waals surface area (Å²) in [6.45, 7) is 3.17. The largest absolute Gasteiger partial charge is 0.339 e. The SMILES string of the molecule is CCNC1CSCC1c1nc(C2CCCCCCC2)no1. The van der Waals surface area contributed by atoms with E-state index in [1.54, 1.807) is 0 Å². The molecule has 118 valence electrons. The monoisotopic (exact) mass is 309 g/mol. The molecule has 2 aliphatic rings. The number of hydrogen-bond donors (Lipinski definition) is 1. The molecule has 1 N–H and O–H groups in total. The number of nitrogens with one attached hydrogen (secondary N) is 1. The van der Waals surface area contributed by atoms with Gasteiger partial charge in [-0.3, -0.25) is 0 Å². The van der Waals surface area contributed by atoms with Gasteiger partial charge in [0, 0.05) is 23.5 Å². The minimum Gasteiger partial charge on any atom is -0.339 e. The molecule has 1 aliphatic heterocycles. The van der Waals surface area contributed by atoms with Crippen LogP contribution in [0.15, 0.2) is 4.52 Å². The van der Waals surface area contributed by atoms with Gasteiger partial charge in [-0.15, -0.1) is 0 Å². The van der Waals surface area contributed by atoms with E-state index in [2.05, 4.69) is 17.4 Å². The van der Waals surface area contributed by atoms with Gasteiger partial charge in [0.25, 0.3) is 0 Å². The van der Waals surface area contributed by atoms with Gasteiger partial charge in [-0.25, -0.2) is 0 Å². The second kappa shape index (κ2) is 7.63. The van der Waals surface area contributed by atoms with Crippen molar-refractivity contribution in [2.45, 2.75) is 69.7 Å². The lowest BCUT2D eigenvalue weighted by Crippen LogP contribution is -2.34. The Balaban J connectivity index is 1.67. The average molecular weight is 309 g/mol. The van der Waals surface area contributed by atoms with Crippen LogP contribution in [0, 0.1) is 0 Å². The van der Waals surface area contributed by atoms with Crippen LogP contribution < -0.4 is 5.32 Å². The Bertz CT molecular complexity index is 429. The molecule has 3 rings (SSSR count). The molecule has 0 radical (unpaired) electrons. The first-order valence-corrected chi connectivity index (χ1v) is 9.68. The number of likely N-dealkylation sites (N-methyl/N-ethyl adjacent to an activating group) is 1. The van der Waals surface area contributed by atoms with E-state index in [1.165, 1.54) is 44.9 Å². The van der Waals surface area contributed by atoms with E-state index in [0.717, 1.165) is 29.8 Å². The van der Waals surface area contributed by atoms with Gasteiger partial charge < -0.3 is 9.84 Å². The summed E-state index contributed by atoms with van der Waals surface area (Å²) in [6.07, 6.45) is 9.21. The summed E-state index contributed by atoms with van der Waals surface area (Å²) in [5.41, 5.74) is 0. The van der Waals surface area contributed by atoms with Crippen LogP contribution in [0.1, 0.15) is 75.4 Å². The first-order valence-electron chi connectivity index (χ1n) is 8.53. The van der Waals surface area contributed by atoms with Crippen molar-refractivity contribution in [3.05, 3.63) is 11.7 Å². The third kappa shape index (κ3) is 3.81. The molecule has 2 unspecified atom stereocenters. The number of rotatable bonds is 4. The van der Waals surface area contributed by atoms with Crippen LogP contribution in [0.25, 0.3) is 0 Å². The first-order chi connectivity index (χ1) is 10.4. The van der Waals surface area contributed by atoms with Crippen LogP contribution in [0.4, 0.5) is 0 Å². The first kappa shape index (κ1) is 15.3. The lowest BCUT2D eigenvalue weighted by Gasteiger charge is -2.16. The molecular weight excluding hydrogens is 282 g/mol. The van der Waals surface area contributed by atoms with Crippen molar-refractivity contribution in [3.63, 3.8) is 0 Å². The predicted octanol–water partition coefficient (Wildman–Crippen LogP) is 3.71. The summed E-state index contributed by atoms with van der Waals surface area (Å²) in [7, 11) is 0. The van der Waals surface area contributed by atoms with Crippen molar-refractivity contribution < 1.29 is 4.52 Å². The fourth-order valence-electron chi connectivity index (χ4n) is 3.54. The Morgan fingerprint density at radius 2 is 1.90 bits per heavy atom. The summed E-state index contributed by atoms with van der Waals surface area (Å²) >= 11 is 1.99. The van der Waals surface area contributed by atoms with Crippen LogP contribution in [-0.2, 0) is 0 Å². The molecule has 0 spiro atoms. The van der Waals surface area contributed by atoms with E-state index in [1.807, 2.05) is 11.8 Å². The highest BCUT2D eigenvalue weighted by Gasteiger charge is 2.33. The molecule has 21 heavy (non-hydrogen) atoms. The van der Waals surface area contributed by atoms with Crippen molar-refractivity contribution in [1.29, 1.82) is 0 Å². The molecule has 4 nitrogen and oxygen atoms in total. The Kier molecular flexibility index (Phi) is 5.58. The summed E-state index contributed by atoms with van der Waals surface area (Å²) in [5.74, 6) is 5.00. The van der Waals surface area contributed by atoms with Gasteiger partial charge in [-0.05, 0) is 19.4 Å². The van der Waals surface area contributed by atoms with Crippen molar-refractivity contribution in [2.24, 2.45) is 0 Å². The summed E-state index contributed by atoms with van der Waals surface area (Å²) in [4.78, 5) is 4.79. The smallest absolute Gasteiger partial charge is 0.232 e. The topological polar surface area (TPSA) is 51.0 Å². The Labute approximate surface area is 131 Å². The normalized spacial score (nSPS) is 28.4. The summed E-state index contributed by atoms with van der Waals surface area (Å²) < 4.78 is 5.64. The maximum Gasteiger partial charge on any atom is 0.232 e. The molecule has 1 aromatic rings. The van der Waals surface area contributed by atoms with Crippen LogP contribution in [0.2, 0.25) is 0 Å². The highest BCUT2D eigenvalue weighted by molar-refractivity contribution is 7.99. The van der Waals surface area contributed by atoms with Crippen LogP contribution >= 0.6 is 11.8 Å². The average Bonchev–Trinajstić information content (AvgIpc) is 3.07. The number of hydrogen-bond acceptors (Lipinski definition) is 5. The maximum atomic E-state index is 5.64.